The number of benzene rings is 2. The number of hydrogen-bond acceptors (Lipinski definition) is 4. The van der Waals surface area contributed by atoms with Crippen molar-refractivity contribution in [1.82, 2.24) is 5.32 Å². The molecule has 2 aromatic carbocycles. The second-order valence-corrected chi connectivity index (χ2v) is 5.39. The van der Waals surface area contributed by atoms with Gasteiger partial charge in [-0.15, -0.1) is 0 Å². The SMILES string of the molecule is CC(NC(=O)/C(C#N)=C\N(C)c1ccc(O)cc1)c1ccccc1. The van der Waals surface area contributed by atoms with E-state index in [0.29, 0.717) is 0 Å². The molecular weight excluding hydrogens is 302 g/mol. The zero-order chi connectivity index (χ0) is 17.5. The summed E-state index contributed by atoms with van der Waals surface area (Å²) in [6.45, 7) is 1.87. The van der Waals surface area contributed by atoms with Crippen molar-refractivity contribution in [2.45, 2.75) is 13.0 Å². The summed E-state index contributed by atoms with van der Waals surface area (Å²) >= 11 is 0. The molecule has 0 saturated carbocycles. The van der Waals surface area contributed by atoms with Gasteiger partial charge in [0.05, 0.1) is 6.04 Å². The number of carbonyl (C=O) groups is 1. The van der Waals surface area contributed by atoms with Crippen molar-refractivity contribution in [3.05, 3.63) is 71.9 Å². The van der Waals surface area contributed by atoms with Crippen molar-refractivity contribution in [2.75, 3.05) is 11.9 Å². The molecule has 1 atom stereocenters. The predicted octanol–water partition coefficient (Wildman–Crippen LogP) is 3.11. The summed E-state index contributed by atoms with van der Waals surface area (Å²) in [5.74, 6) is -0.273. The van der Waals surface area contributed by atoms with Crippen LogP contribution in [0.5, 0.6) is 5.75 Å². The number of aromatic hydroxyl groups is 1. The maximum absolute atomic E-state index is 12.3. The second kappa shape index (κ2) is 7.84. The average molecular weight is 321 g/mol. The zero-order valence-corrected chi connectivity index (χ0v) is 13.6. The molecule has 0 saturated heterocycles. The van der Waals surface area contributed by atoms with Crippen LogP contribution in [-0.2, 0) is 4.79 Å². The summed E-state index contributed by atoms with van der Waals surface area (Å²) in [5.41, 5.74) is 1.73. The van der Waals surface area contributed by atoms with Crippen LogP contribution in [0, 0.1) is 11.3 Å². The van der Waals surface area contributed by atoms with Crippen LogP contribution in [0.2, 0.25) is 0 Å². The number of phenols is 1. The Bertz CT molecular complexity index is 761. The van der Waals surface area contributed by atoms with E-state index in [1.165, 1.54) is 6.20 Å². The Morgan fingerprint density at radius 1 is 1.21 bits per heavy atom. The lowest BCUT2D eigenvalue weighted by Crippen LogP contribution is -2.28. The van der Waals surface area contributed by atoms with Crippen molar-refractivity contribution in [2.24, 2.45) is 0 Å². The van der Waals surface area contributed by atoms with Crippen LogP contribution in [0.3, 0.4) is 0 Å². The number of nitriles is 1. The number of nitrogens with one attached hydrogen (secondary N) is 1. The number of hydrogen-bond donors (Lipinski definition) is 2. The number of amides is 1. The highest BCUT2D eigenvalue weighted by Gasteiger charge is 2.14. The molecule has 2 N–H and O–H groups in total. The molecule has 1 unspecified atom stereocenters. The van der Waals surface area contributed by atoms with Crippen LogP contribution in [-0.4, -0.2) is 18.1 Å². The second-order valence-electron chi connectivity index (χ2n) is 5.39. The lowest BCUT2D eigenvalue weighted by atomic mass is 10.1. The molecule has 0 aliphatic carbocycles. The molecule has 0 spiro atoms. The van der Waals surface area contributed by atoms with E-state index in [1.54, 1.807) is 36.2 Å². The van der Waals surface area contributed by atoms with Gasteiger partial charge in [-0.3, -0.25) is 4.79 Å². The first-order valence-corrected chi connectivity index (χ1v) is 7.51. The molecule has 0 heterocycles. The molecule has 0 radical (unpaired) electrons. The van der Waals surface area contributed by atoms with E-state index in [-0.39, 0.29) is 17.4 Å². The van der Waals surface area contributed by atoms with Crippen molar-refractivity contribution < 1.29 is 9.90 Å². The average Bonchev–Trinajstić information content (AvgIpc) is 2.60. The third-order valence-corrected chi connectivity index (χ3v) is 3.59. The molecule has 0 aliphatic rings. The Hall–Kier alpha value is -3.26. The summed E-state index contributed by atoms with van der Waals surface area (Å²) in [4.78, 5) is 14.0. The van der Waals surface area contributed by atoms with E-state index >= 15 is 0 Å². The Labute approximate surface area is 141 Å². The number of carbonyl (C=O) groups excluding carboxylic acids is 1. The number of anilines is 1. The number of phenolic OH excluding ortho intramolecular Hbond substituents is 1. The van der Waals surface area contributed by atoms with Crippen molar-refractivity contribution in [3.63, 3.8) is 0 Å². The molecule has 0 bridgehead atoms. The van der Waals surface area contributed by atoms with Crippen LogP contribution in [0.4, 0.5) is 5.69 Å². The standard InChI is InChI=1S/C19H19N3O2/c1-14(15-6-4-3-5-7-15)21-19(24)16(12-20)13-22(2)17-8-10-18(23)11-9-17/h3-11,13-14,23H,1-2H3,(H,21,24)/b16-13-. The van der Waals surface area contributed by atoms with Gasteiger partial charge in [0.15, 0.2) is 0 Å². The third-order valence-electron chi connectivity index (χ3n) is 3.59. The smallest absolute Gasteiger partial charge is 0.263 e. The van der Waals surface area contributed by atoms with E-state index in [4.69, 9.17) is 0 Å². The normalized spacial score (nSPS) is 12.1. The first-order chi connectivity index (χ1) is 11.5. The van der Waals surface area contributed by atoms with Crippen LogP contribution < -0.4 is 10.2 Å². The van der Waals surface area contributed by atoms with Crippen LogP contribution in [0.15, 0.2) is 66.4 Å². The molecule has 1 amide bonds. The highest BCUT2D eigenvalue weighted by molar-refractivity contribution is 5.97. The zero-order valence-electron chi connectivity index (χ0n) is 13.6. The van der Waals surface area contributed by atoms with Gasteiger partial charge in [0, 0.05) is 18.9 Å². The highest BCUT2D eigenvalue weighted by Crippen LogP contribution is 2.18. The number of rotatable bonds is 5. The fraction of sp³-hybridized carbons (Fsp3) is 0.158. The van der Waals surface area contributed by atoms with Gasteiger partial charge < -0.3 is 15.3 Å². The Balaban J connectivity index is 2.10. The van der Waals surface area contributed by atoms with Crippen LogP contribution in [0.25, 0.3) is 0 Å². The molecule has 2 rings (SSSR count). The Morgan fingerprint density at radius 2 is 1.83 bits per heavy atom. The van der Waals surface area contributed by atoms with E-state index in [1.807, 2.05) is 43.3 Å². The van der Waals surface area contributed by atoms with Crippen LogP contribution >= 0.6 is 0 Å². The fourth-order valence-electron chi connectivity index (χ4n) is 2.19. The number of nitrogens with zero attached hydrogens (tertiary/aromatic N) is 2. The largest absolute Gasteiger partial charge is 0.508 e. The van der Waals surface area contributed by atoms with Gasteiger partial charge in [-0.1, -0.05) is 30.3 Å². The van der Waals surface area contributed by atoms with E-state index in [0.717, 1.165) is 11.3 Å². The lowest BCUT2D eigenvalue weighted by Gasteiger charge is -2.17. The topological polar surface area (TPSA) is 76.4 Å². The predicted molar refractivity (Wildman–Crippen MR) is 93.2 cm³/mol. The van der Waals surface area contributed by atoms with E-state index in [2.05, 4.69) is 5.32 Å². The summed E-state index contributed by atoms with van der Waals surface area (Å²) in [5, 5.41) is 21.4. The van der Waals surface area contributed by atoms with Gasteiger partial charge in [0.25, 0.3) is 5.91 Å². The highest BCUT2D eigenvalue weighted by atomic mass is 16.3. The maximum atomic E-state index is 12.3. The molecule has 5 heteroatoms. The summed E-state index contributed by atoms with van der Waals surface area (Å²) < 4.78 is 0. The molecule has 5 nitrogen and oxygen atoms in total. The molecule has 0 aliphatic heterocycles. The van der Waals surface area contributed by atoms with E-state index < -0.39 is 5.91 Å². The van der Waals surface area contributed by atoms with Crippen molar-refractivity contribution >= 4 is 11.6 Å². The van der Waals surface area contributed by atoms with Gasteiger partial charge in [0.2, 0.25) is 0 Å². The van der Waals surface area contributed by atoms with Crippen molar-refractivity contribution in [3.8, 4) is 11.8 Å². The van der Waals surface area contributed by atoms with Gasteiger partial charge in [-0.25, -0.2) is 0 Å². The first-order valence-electron chi connectivity index (χ1n) is 7.51. The van der Waals surface area contributed by atoms with E-state index in [9.17, 15) is 15.2 Å². The summed E-state index contributed by atoms with van der Waals surface area (Å²) in [6, 6.07) is 17.8. The molecule has 0 fully saturated rings. The molecule has 24 heavy (non-hydrogen) atoms. The third kappa shape index (κ3) is 4.37. The van der Waals surface area contributed by atoms with Gasteiger partial charge in [-0.2, -0.15) is 5.26 Å². The van der Waals surface area contributed by atoms with Gasteiger partial charge in [-0.05, 0) is 36.8 Å². The quantitative estimate of drug-likeness (QED) is 0.655. The minimum atomic E-state index is -0.431. The summed E-state index contributed by atoms with van der Waals surface area (Å²) in [7, 11) is 1.73. The Morgan fingerprint density at radius 3 is 2.42 bits per heavy atom. The van der Waals surface area contributed by atoms with Gasteiger partial charge >= 0.3 is 0 Å². The first kappa shape index (κ1) is 17.1. The molecule has 2 aromatic rings. The molecule has 122 valence electrons. The van der Waals surface area contributed by atoms with Crippen molar-refractivity contribution in [1.29, 1.82) is 5.26 Å². The Kier molecular flexibility index (Phi) is 5.58. The lowest BCUT2D eigenvalue weighted by molar-refractivity contribution is -0.117. The molecule has 0 aromatic heterocycles. The summed E-state index contributed by atoms with van der Waals surface area (Å²) in [6.07, 6.45) is 1.47. The van der Waals surface area contributed by atoms with Gasteiger partial charge in [0.1, 0.15) is 17.4 Å². The van der Waals surface area contributed by atoms with Crippen LogP contribution in [0.1, 0.15) is 18.5 Å². The fourth-order valence-corrected chi connectivity index (χ4v) is 2.19. The molecular formula is C19H19N3O2. The maximum Gasteiger partial charge on any atom is 0.263 e. The minimum absolute atomic E-state index is 0.00774. The minimum Gasteiger partial charge on any atom is -0.508 e. The monoisotopic (exact) mass is 321 g/mol.